The van der Waals surface area contributed by atoms with E-state index < -0.39 is 34.5 Å². The number of benzene rings is 2. The van der Waals surface area contributed by atoms with Crippen molar-refractivity contribution in [2.75, 3.05) is 5.43 Å². The van der Waals surface area contributed by atoms with Crippen LogP contribution < -0.4 is 16.7 Å². The van der Waals surface area contributed by atoms with Crippen molar-refractivity contribution in [2.24, 2.45) is 5.73 Å². The second-order valence-electron chi connectivity index (χ2n) is 5.72. The maximum atomic E-state index is 13.3. The molecule has 0 radical (unpaired) electrons. The lowest BCUT2D eigenvalue weighted by Crippen LogP contribution is -2.34. The Labute approximate surface area is 145 Å². The lowest BCUT2D eigenvalue weighted by atomic mass is 10.1. The van der Waals surface area contributed by atoms with Gasteiger partial charge in [0.1, 0.15) is 11.6 Å². The monoisotopic (exact) mass is 366 g/mol. The van der Waals surface area contributed by atoms with Gasteiger partial charge in [-0.25, -0.2) is 14.1 Å². The van der Waals surface area contributed by atoms with E-state index in [9.17, 15) is 22.4 Å². The molecule has 1 aromatic heterocycles. The van der Waals surface area contributed by atoms with Gasteiger partial charge in [-0.15, -0.1) is 0 Å². The van der Waals surface area contributed by atoms with Crippen molar-refractivity contribution in [2.45, 2.75) is 19.1 Å². The first-order valence-electron chi connectivity index (χ1n) is 7.59. The fraction of sp³-hybridized carbons (Fsp3) is 0.176. The zero-order chi connectivity index (χ0) is 19.1. The Morgan fingerprint density at radius 2 is 1.81 bits per heavy atom. The smallest absolute Gasteiger partial charge is 0.322 e. The SMILES string of the molecule is C[C@H](N)c1nc2cccc(C(F)(F)F)c2c(=O)n1Nc1ccc(F)cc1. The third kappa shape index (κ3) is 3.25. The van der Waals surface area contributed by atoms with Gasteiger partial charge in [0.2, 0.25) is 0 Å². The molecule has 136 valence electrons. The van der Waals surface area contributed by atoms with Gasteiger partial charge in [-0.2, -0.15) is 13.2 Å². The van der Waals surface area contributed by atoms with Crippen LogP contribution in [0, 0.1) is 5.82 Å². The average molecular weight is 366 g/mol. The van der Waals surface area contributed by atoms with Crippen molar-refractivity contribution < 1.29 is 17.6 Å². The van der Waals surface area contributed by atoms with Crippen LogP contribution in [0.4, 0.5) is 23.2 Å². The van der Waals surface area contributed by atoms with E-state index in [1.807, 2.05) is 0 Å². The zero-order valence-electron chi connectivity index (χ0n) is 13.5. The van der Waals surface area contributed by atoms with Gasteiger partial charge in [-0.3, -0.25) is 10.2 Å². The molecule has 1 atom stereocenters. The Kier molecular flexibility index (Phi) is 4.41. The van der Waals surface area contributed by atoms with E-state index in [0.717, 1.165) is 22.9 Å². The topological polar surface area (TPSA) is 72.9 Å². The number of aromatic nitrogens is 2. The van der Waals surface area contributed by atoms with E-state index in [2.05, 4.69) is 10.4 Å². The molecule has 9 heteroatoms. The number of halogens is 4. The second-order valence-corrected chi connectivity index (χ2v) is 5.72. The van der Waals surface area contributed by atoms with Gasteiger partial charge in [0, 0.05) is 0 Å². The molecule has 0 aliphatic carbocycles. The number of nitrogens with two attached hydrogens (primary N) is 1. The van der Waals surface area contributed by atoms with Crippen LogP contribution in [0.25, 0.3) is 10.9 Å². The van der Waals surface area contributed by atoms with E-state index in [1.165, 1.54) is 24.3 Å². The number of hydrogen-bond acceptors (Lipinski definition) is 4. The summed E-state index contributed by atoms with van der Waals surface area (Å²) >= 11 is 0. The summed E-state index contributed by atoms with van der Waals surface area (Å²) in [7, 11) is 0. The molecule has 3 N–H and O–H groups in total. The molecule has 0 saturated heterocycles. The van der Waals surface area contributed by atoms with Crippen molar-refractivity contribution in [3.63, 3.8) is 0 Å². The Morgan fingerprint density at radius 3 is 2.38 bits per heavy atom. The highest BCUT2D eigenvalue weighted by Crippen LogP contribution is 2.33. The van der Waals surface area contributed by atoms with E-state index in [4.69, 9.17) is 5.73 Å². The minimum Gasteiger partial charge on any atom is -0.322 e. The van der Waals surface area contributed by atoms with Crippen LogP contribution in [0.5, 0.6) is 0 Å². The third-order valence-corrected chi connectivity index (χ3v) is 3.72. The molecule has 0 amide bonds. The molecule has 0 bridgehead atoms. The molecular weight excluding hydrogens is 352 g/mol. The van der Waals surface area contributed by atoms with Crippen LogP contribution in [0.15, 0.2) is 47.3 Å². The summed E-state index contributed by atoms with van der Waals surface area (Å²) in [6.07, 6.45) is -4.72. The quantitative estimate of drug-likeness (QED) is 0.697. The van der Waals surface area contributed by atoms with E-state index in [-0.39, 0.29) is 11.3 Å². The maximum Gasteiger partial charge on any atom is 0.417 e. The van der Waals surface area contributed by atoms with Gasteiger partial charge in [0.25, 0.3) is 5.56 Å². The number of rotatable bonds is 3. The third-order valence-electron chi connectivity index (χ3n) is 3.72. The second kappa shape index (κ2) is 6.41. The molecule has 0 spiro atoms. The molecule has 2 aromatic carbocycles. The summed E-state index contributed by atoms with van der Waals surface area (Å²) in [5, 5.41) is -0.570. The largest absolute Gasteiger partial charge is 0.417 e. The molecule has 0 fully saturated rings. The molecular formula is C17H14F4N4O. The van der Waals surface area contributed by atoms with Crippen molar-refractivity contribution in [3.05, 3.63) is 70.0 Å². The first-order chi connectivity index (χ1) is 12.2. The molecule has 0 aliphatic heterocycles. The van der Waals surface area contributed by atoms with E-state index in [0.29, 0.717) is 5.69 Å². The normalized spacial score (nSPS) is 13.0. The highest BCUT2D eigenvalue weighted by Gasteiger charge is 2.34. The minimum atomic E-state index is -4.72. The first-order valence-corrected chi connectivity index (χ1v) is 7.59. The van der Waals surface area contributed by atoms with Gasteiger partial charge in [0.05, 0.1) is 28.2 Å². The van der Waals surface area contributed by atoms with Crippen molar-refractivity contribution in [1.29, 1.82) is 0 Å². The Bertz CT molecular complexity index is 1010. The van der Waals surface area contributed by atoms with Crippen LogP contribution in [0.3, 0.4) is 0 Å². The molecule has 5 nitrogen and oxygen atoms in total. The summed E-state index contributed by atoms with van der Waals surface area (Å²) in [4.78, 5) is 16.9. The molecule has 3 rings (SSSR count). The summed E-state index contributed by atoms with van der Waals surface area (Å²) in [6, 6.07) is 7.55. The molecule has 0 aliphatic rings. The fourth-order valence-corrected chi connectivity index (χ4v) is 2.55. The Balaban J connectivity index is 2.29. The summed E-state index contributed by atoms with van der Waals surface area (Å²) in [5.74, 6) is -0.447. The summed E-state index contributed by atoms with van der Waals surface area (Å²) < 4.78 is 53.8. The van der Waals surface area contributed by atoms with Crippen molar-refractivity contribution in [3.8, 4) is 0 Å². The number of hydrogen-bond donors (Lipinski definition) is 2. The Morgan fingerprint density at radius 1 is 1.15 bits per heavy atom. The lowest BCUT2D eigenvalue weighted by Gasteiger charge is -2.19. The van der Waals surface area contributed by atoms with Crippen LogP contribution in [0.1, 0.15) is 24.4 Å². The molecule has 0 unspecified atom stereocenters. The number of alkyl halides is 3. The predicted molar refractivity (Wildman–Crippen MR) is 89.0 cm³/mol. The lowest BCUT2D eigenvalue weighted by molar-refractivity contribution is -0.136. The van der Waals surface area contributed by atoms with Gasteiger partial charge in [0.15, 0.2) is 0 Å². The van der Waals surface area contributed by atoms with Crippen LogP contribution in [-0.4, -0.2) is 9.66 Å². The van der Waals surface area contributed by atoms with Crippen LogP contribution in [-0.2, 0) is 6.18 Å². The van der Waals surface area contributed by atoms with Gasteiger partial charge in [-0.05, 0) is 43.3 Å². The summed E-state index contributed by atoms with van der Waals surface area (Å²) in [6.45, 7) is 1.55. The number of anilines is 1. The standard InChI is InChI=1S/C17H14F4N4O/c1-9(22)15-23-13-4-2-3-12(17(19,20)21)14(13)16(26)25(15)24-11-7-5-10(18)6-8-11/h2-9,24H,22H2,1H3/t9-/m0/s1. The number of nitrogens with one attached hydrogen (secondary N) is 1. The molecule has 26 heavy (non-hydrogen) atoms. The number of nitrogens with zero attached hydrogens (tertiary/aromatic N) is 2. The van der Waals surface area contributed by atoms with Gasteiger partial charge >= 0.3 is 6.18 Å². The molecule has 1 heterocycles. The van der Waals surface area contributed by atoms with Gasteiger partial charge < -0.3 is 5.73 Å². The average Bonchev–Trinajstić information content (AvgIpc) is 2.57. The van der Waals surface area contributed by atoms with Gasteiger partial charge in [-0.1, -0.05) is 6.07 Å². The molecule has 0 saturated carbocycles. The highest BCUT2D eigenvalue weighted by molar-refractivity contribution is 5.82. The predicted octanol–water partition coefficient (Wildman–Crippen LogP) is 3.45. The molecule has 3 aromatic rings. The first kappa shape index (κ1) is 17.9. The van der Waals surface area contributed by atoms with Crippen molar-refractivity contribution in [1.82, 2.24) is 9.66 Å². The number of fused-ring (bicyclic) bond motifs is 1. The van der Waals surface area contributed by atoms with Crippen LogP contribution >= 0.6 is 0 Å². The summed E-state index contributed by atoms with van der Waals surface area (Å²) in [5.41, 5.74) is 6.64. The van der Waals surface area contributed by atoms with Crippen LogP contribution in [0.2, 0.25) is 0 Å². The maximum absolute atomic E-state index is 13.3. The fourth-order valence-electron chi connectivity index (χ4n) is 2.55. The van der Waals surface area contributed by atoms with Crippen molar-refractivity contribution >= 4 is 16.6 Å². The zero-order valence-corrected chi connectivity index (χ0v) is 13.5. The van der Waals surface area contributed by atoms with E-state index >= 15 is 0 Å². The Hall–Kier alpha value is -2.94. The van der Waals surface area contributed by atoms with E-state index in [1.54, 1.807) is 6.92 Å². The minimum absolute atomic E-state index is 0.0474. The highest BCUT2D eigenvalue weighted by atomic mass is 19.4.